The van der Waals surface area contributed by atoms with Crippen LogP contribution < -0.4 is 4.72 Å². The lowest BCUT2D eigenvalue weighted by atomic mass is 9.93. The highest BCUT2D eigenvalue weighted by Crippen LogP contribution is 2.19. The lowest BCUT2D eigenvalue weighted by Gasteiger charge is -2.28. The van der Waals surface area contributed by atoms with E-state index in [2.05, 4.69) is 4.72 Å². The van der Waals surface area contributed by atoms with Crippen LogP contribution >= 0.6 is 0 Å². The van der Waals surface area contributed by atoms with E-state index in [0.29, 0.717) is 6.42 Å². The summed E-state index contributed by atoms with van der Waals surface area (Å²) in [5.74, 6) is -0.0307. The van der Waals surface area contributed by atoms with E-state index < -0.39 is 16.1 Å². The van der Waals surface area contributed by atoms with E-state index >= 15 is 0 Å². The summed E-state index contributed by atoms with van der Waals surface area (Å²) in [7, 11) is -3.38. The van der Waals surface area contributed by atoms with Crippen LogP contribution in [0.4, 0.5) is 0 Å². The predicted octanol–water partition coefficient (Wildman–Crippen LogP) is 1.41. The summed E-state index contributed by atoms with van der Waals surface area (Å²) in [6.07, 6.45) is 2.78. The topological polar surface area (TPSA) is 66.4 Å². The third-order valence-electron chi connectivity index (χ3n) is 3.26. The highest BCUT2D eigenvalue weighted by atomic mass is 32.2. The minimum Gasteiger partial charge on any atom is -0.391 e. The Bertz CT molecular complexity index is 472. The van der Waals surface area contributed by atoms with Crippen LogP contribution in [0.5, 0.6) is 0 Å². The molecule has 1 aliphatic rings. The lowest BCUT2D eigenvalue weighted by molar-refractivity contribution is 0.101. The SMILES string of the molecule is O=S(=O)(Cc1ccccc1)N[C@H]1CCCC[C@@H]1O. The van der Waals surface area contributed by atoms with E-state index in [1.54, 1.807) is 12.1 Å². The Balaban J connectivity index is 1.99. The van der Waals surface area contributed by atoms with Crippen LogP contribution in [0.25, 0.3) is 0 Å². The Hall–Kier alpha value is -0.910. The van der Waals surface area contributed by atoms with E-state index in [1.807, 2.05) is 18.2 Å². The maximum Gasteiger partial charge on any atom is 0.216 e. The molecule has 2 N–H and O–H groups in total. The molecule has 2 atom stereocenters. The normalized spacial score (nSPS) is 24.9. The van der Waals surface area contributed by atoms with Gasteiger partial charge in [-0.25, -0.2) is 13.1 Å². The number of aliphatic hydroxyl groups is 1. The summed E-state index contributed by atoms with van der Waals surface area (Å²) in [6, 6.07) is 8.75. The molecule has 1 aliphatic carbocycles. The van der Waals surface area contributed by atoms with Gasteiger partial charge in [-0.3, -0.25) is 0 Å². The molecule has 0 amide bonds. The molecule has 1 aromatic carbocycles. The van der Waals surface area contributed by atoms with Gasteiger partial charge in [0.15, 0.2) is 0 Å². The molecule has 5 heteroatoms. The van der Waals surface area contributed by atoms with Gasteiger partial charge in [0.1, 0.15) is 0 Å². The minimum atomic E-state index is -3.38. The zero-order valence-electron chi connectivity index (χ0n) is 10.2. The molecule has 0 bridgehead atoms. The van der Waals surface area contributed by atoms with Crippen LogP contribution in [0, 0.1) is 0 Å². The molecule has 1 fully saturated rings. The zero-order valence-corrected chi connectivity index (χ0v) is 11.1. The van der Waals surface area contributed by atoms with Gasteiger partial charge < -0.3 is 5.11 Å². The van der Waals surface area contributed by atoms with Crippen molar-refractivity contribution >= 4 is 10.0 Å². The van der Waals surface area contributed by atoms with Gasteiger partial charge in [-0.2, -0.15) is 0 Å². The maximum atomic E-state index is 12.0. The minimum absolute atomic E-state index is 0.0307. The van der Waals surface area contributed by atoms with Crippen molar-refractivity contribution in [3.63, 3.8) is 0 Å². The first-order valence-corrected chi connectivity index (χ1v) is 7.94. The predicted molar refractivity (Wildman–Crippen MR) is 70.5 cm³/mol. The monoisotopic (exact) mass is 269 g/mol. The first kappa shape index (κ1) is 13.5. The first-order chi connectivity index (χ1) is 8.57. The van der Waals surface area contributed by atoms with Gasteiger partial charge in [0.05, 0.1) is 11.9 Å². The molecule has 0 spiro atoms. The molecule has 1 saturated carbocycles. The Morgan fingerprint density at radius 1 is 1.17 bits per heavy atom. The van der Waals surface area contributed by atoms with Crippen LogP contribution in [0.3, 0.4) is 0 Å². The number of rotatable bonds is 4. The molecule has 4 nitrogen and oxygen atoms in total. The molecule has 0 aliphatic heterocycles. The molecule has 18 heavy (non-hydrogen) atoms. The van der Waals surface area contributed by atoms with Crippen LogP contribution in [-0.4, -0.2) is 25.7 Å². The summed E-state index contributed by atoms with van der Waals surface area (Å²) < 4.78 is 26.6. The number of benzene rings is 1. The summed E-state index contributed by atoms with van der Waals surface area (Å²) in [5.41, 5.74) is 0.760. The molecule has 0 unspecified atom stereocenters. The second-order valence-corrected chi connectivity index (χ2v) is 6.57. The Morgan fingerprint density at radius 2 is 1.83 bits per heavy atom. The third kappa shape index (κ3) is 3.80. The van der Waals surface area contributed by atoms with Gasteiger partial charge in [0.25, 0.3) is 0 Å². The average Bonchev–Trinajstić information content (AvgIpc) is 2.32. The number of nitrogens with one attached hydrogen (secondary N) is 1. The standard InChI is InChI=1S/C13H19NO3S/c15-13-9-5-4-8-12(13)14-18(16,17)10-11-6-2-1-3-7-11/h1-3,6-7,12-15H,4-5,8-10H2/t12-,13-/m0/s1. The van der Waals surface area contributed by atoms with Crippen LogP contribution in [0.2, 0.25) is 0 Å². The van der Waals surface area contributed by atoms with Crippen LogP contribution in [0.1, 0.15) is 31.2 Å². The van der Waals surface area contributed by atoms with Gasteiger partial charge >= 0.3 is 0 Å². The van der Waals surface area contributed by atoms with Crippen molar-refractivity contribution in [2.24, 2.45) is 0 Å². The van der Waals surface area contributed by atoms with Crippen LogP contribution in [0.15, 0.2) is 30.3 Å². The first-order valence-electron chi connectivity index (χ1n) is 6.29. The Kier molecular flexibility index (Phi) is 4.37. The van der Waals surface area contributed by atoms with Crippen molar-refractivity contribution in [3.05, 3.63) is 35.9 Å². The quantitative estimate of drug-likeness (QED) is 0.868. The molecule has 1 aromatic rings. The van der Waals surface area contributed by atoms with E-state index in [-0.39, 0.29) is 11.8 Å². The maximum absolute atomic E-state index is 12.0. The highest BCUT2D eigenvalue weighted by molar-refractivity contribution is 7.88. The fourth-order valence-corrected chi connectivity index (χ4v) is 3.77. The fourth-order valence-electron chi connectivity index (χ4n) is 2.31. The van der Waals surface area contributed by atoms with Crippen molar-refractivity contribution in [2.75, 3.05) is 0 Å². The van der Waals surface area contributed by atoms with E-state index in [0.717, 1.165) is 24.8 Å². The van der Waals surface area contributed by atoms with Gasteiger partial charge in [-0.05, 0) is 18.4 Å². The number of sulfonamides is 1. The number of aliphatic hydroxyl groups excluding tert-OH is 1. The average molecular weight is 269 g/mol. The molecule has 0 saturated heterocycles. The highest BCUT2D eigenvalue weighted by Gasteiger charge is 2.27. The Labute approximate surface area is 108 Å². The van der Waals surface area contributed by atoms with E-state index in [9.17, 15) is 13.5 Å². The number of hydrogen-bond acceptors (Lipinski definition) is 3. The van der Waals surface area contributed by atoms with Crippen molar-refractivity contribution < 1.29 is 13.5 Å². The van der Waals surface area contributed by atoms with E-state index in [4.69, 9.17) is 0 Å². The lowest BCUT2D eigenvalue weighted by Crippen LogP contribution is -2.45. The fraction of sp³-hybridized carbons (Fsp3) is 0.538. The summed E-state index contributed by atoms with van der Waals surface area (Å²) >= 11 is 0. The van der Waals surface area contributed by atoms with Gasteiger partial charge in [0.2, 0.25) is 10.0 Å². The van der Waals surface area contributed by atoms with Crippen molar-refractivity contribution in [2.45, 2.75) is 43.6 Å². The Morgan fingerprint density at radius 3 is 2.50 bits per heavy atom. The largest absolute Gasteiger partial charge is 0.391 e. The number of hydrogen-bond donors (Lipinski definition) is 2. The molecule has 2 rings (SSSR count). The second-order valence-electron chi connectivity index (χ2n) is 4.82. The van der Waals surface area contributed by atoms with Crippen molar-refractivity contribution in [1.29, 1.82) is 0 Å². The molecule has 0 aromatic heterocycles. The molecular weight excluding hydrogens is 250 g/mol. The van der Waals surface area contributed by atoms with Crippen molar-refractivity contribution in [1.82, 2.24) is 4.72 Å². The smallest absolute Gasteiger partial charge is 0.216 e. The molecule has 0 heterocycles. The second kappa shape index (κ2) is 5.82. The van der Waals surface area contributed by atoms with Crippen molar-refractivity contribution in [3.8, 4) is 0 Å². The summed E-state index contributed by atoms with van der Waals surface area (Å²) in [6.45, 7) is 0. The van der Waals surface area contributed by atoms with Gasteiger partial charge in [0, 0.05) is 6.04 Å². The molecule has 100 valence electrons. The van der Waals surface area contributed by atoms with Gasteiger partial charge in [-0.15, -0.1) is 0 Å². The van der Waals surface area contributed by atoms with Gasteiger partial charge in [-0.1, -0.05) is 43.2 Å². The molecule has 0 radical (unpaired) electrons. The van der Waals surface area contributed by atoms with E-state index in [1.165, 1.54) is 0 Å². The zero-order chi connectivity index (χ0) is 13.0. The molecular formula is C13H19NO3S. The third-order valence-corrected chi connectivity index (χ3v) is 4.64. The van der Waals surface area contributed by atoms with Crippen LogP contribution in [-0.2, 0) is 15.8 Å². The summed E-state index contributed by atoms with van der Waals surface area (Å²) in [5, 5.41) is 9.77. The summed E-state index contributed by atoms with van der Waals surface area (Å²) in [4.78, 5) is 0.